The molecule has 15 rings (SSSR count). The molecule has 7 aromatic carbocycles. The first-order chi connectivity index (χ1) is 59.5. The number of alkyl carbamates (subject to hydrolysis) is 1. The SMILES string of the molecule is CCCCCCOC(=O)NC(=N)c1cccc(-n2nc(C)cc2C(=O)Nc2cc(C(N)(CCC3CC3)c3cccnc3)ccc2F)c1.Cc1cc(C(=O)Nc2cc(C(N)(CCC3CC3)c3cccnc3)ccc2F)n(-c2cccc(C(=N)N)c2)n1.Cc1ccc(C(N)(CCC2CC2)c2ccc(F)c(NC(=O)c3cc(C)nn3-c3cccc(C(=N)N)c3)c2)cc1. The van der Waals surface area contributed by atoms with E-state index in [4.69, 9.17) is 49.6 Å². The number of halogens is 3. The molecule has 3 aliphatic rings. The number of hydrogen-bond acceptors (Lipinski definition) is 16. The van der Waals surface area contributed by atoms with Gasteiger partial charge in [0.05, 0.1) is 74.4 Å². The zero-order valence-electron chi connectivity index (χ0n) is 70.2. The molecule has 12 aromatic rings. The van der Waals surface area contributed by atoms with Gasteiger partial charge in [-0.3, -0.25) is 45.9 Å². The molecule has 17 N–H and O–H groups in total. The number of aromatic nitrogens is 8. The Balaban J connectivity index is 0.000000161. The molecule has 28 heteroatoms. The summed E-state index contributed by atoms with van der Waals surface area (Å²) in [4.78, 5) is 61.2. The predicted octanol–water partition coefficient (Wildman–Crippen LogP) is 17.2. The first kappa shape index (κ1) is 88.2. The van der Waals surface area contributed by atoms with Crippen LogP contribution in [0, 0.1) is 79.1 Å². The zero-order chi connectivity index (χ0) is 88.0. The maximum atomic E-state index is 15.2. The van der Waals surface area contributed by atoms with Gasteiger partial charge in [-0.25, -0.2) is 32.0 Å². The third-order valence-electron chi connectivity index (χ3n) is 22.9. The molecule has 3 unspecified atom stereocenters. The van der Waals surface area contributed by atoms with Crippen LogP contribution in [0.25, 0.3) is 17.1 Å². The number of rotatable bonds is 32. The van der Waals surface area contributed by atoms with Crippen LogP contribution in [0.5, 0.6) is 0 Å². The molecule has 640 valence electrons. The maximum Gasteiger partial charge on any atom is 0.412 e. The Labute approximate surface area is 718 Å². The summed E-state index contributed by atoms with van der Waals surface area (Å²) in [6, 6.07) is 54.8. The second kappa shape index (κ2) is 39.1. The van der Waals surface area contributed by atoms with E-state index in [0.717, 1.165) is 79.2 Å². The standard InChI is InChI=1S/C36H42FN7O3.C31H33FN6O.C29H30FN7O/c1-3-4-5-6-19-47-35(46)42-33(38)26-9-7-11-29(21-26)44-32(20-24(2)43-44)34(45)41-31-22-27(14-15-30(31)37)36(39,17-16-25-12-13-25)28-10-8-18-40-23-28;1-19-6-10-23(11-7-19)31(35,15-14-21-8-9-21)24-12-13-26(32)27(18-24)36-30(39)28-16-20(2)37-38(28)25-5-3-4-22(17-25)29(33)34;1-18-14-26(37(36-18)23-6-2-4-20(15-23)27(31)32)28(38)35-25-16-21(9-10-24(25)30)29(33,12-11-19-7-8-19)22-5-3-13-34-17-22/h7-11,14-15,18,20-23,25H,3-6,12-13,16-17,19,39H2,1-2H3,(H,41,45)(H2,38,42,46);3-7,10-13,16-18,21H,8-9,14-15,35H2,1-2H3,(H3,33,34)(H,36,39);2-6,9-10,13-17,19H,7-8,11-12,33H2,1H3,(H3,31,32)(H,35,38). The molecule has 3 atom stereocenters. The van der Waals surface area contributed by atoms with Crippen LogP contribution >= 0.6 is 0 Å². The minimum atomic E-state index is -0.914. The average molecular weight is 1680 g/mol. The average Bonchev–Trinajstić information content (AvgIpc) is 1.36. The van der Waals surface area contributed by atoms with Crippen LogP contribution in [0.3, 0.4) is 0 Å². The summed E-state index contributed by atoms with van der Waals surface area (Å²) in [7, 11) is 0. The smallest absolute Gasteiger partial charge is 0.412 e. The fraction of sp³-hybridized carbons (Fsp3) is 0.292. The van der Waals surface area contributed by atoms with Crippen molar-refractivity contribution in [1.29, 1.82) is 16.2 Å². The largest absolute Gasteiger partial charge is 0.449 e. The molecule has 0 saturated heterocycles. The minimum Gasteiger partial charge on any atom is -0.449 e. The highest BCUT2D eigenvalue weighted by atomic mass is 19.1. The number of carbonyl (C=O) groups excluding carboxylic acids is 4. The summed E-state index contributed by atoms with van der Waals surface area (Å²) < 4.78 is 54.8. The Kier molecular flexibility index (Phi) is 27.8. The molecular weight excluding hydrogens is 1570 g/mol. The molecule has 124 heavy (non-hydrogen) atoms. The highest BCUT2D eigenvalue weighted by Gasteiger charge is 2.38. The van der Waals surface area contributed by atoms with E-state index in [0.29, 0.717) is 92.6 Å². The van der Waals surface area contributed by atoms with E-state index < -0.39 is 57.9 Å². The number of benzene rings is 7. The van der Waals surface area contributed by atoms with Gasteiger partial charge in [0.1, 0.15) is 52.0 Å². The van der Waals surface area contributed by atoms with Crippen LogP contribution in [0.1, 0.15) is 214 Å². The van der Waals surface area contributed by atoms with Gasteiger partial charge in [-0.15, -0.1) is 0 Å². The zero-order valence-corrected chi connectivity index (χ0v) is 70.2. The van der Waals surface area contributed by atoms with E-state index in [1.165, 1.54) is 70.8 Å². The van der Waals surface area contributed by atoms with E-state index in [2.05, 4.69) is 53.5 Å². The predicted molar refractivity (Wildman–Crippen MR) is 476 cm³/mol. The van der Waals surface area contributed by atoms with Crippen LogP contribution in [0.2, 0.25) is 0 Å². The molecular formula is C96H105F3N20O5. The van der Waals surface area contributed by atoms with Crippen LogP contribution in [-0.4, -0.2) is 87.2 Å². The number of hydrogen-bond donors (Lipinski definition) is 12. The maximum absolute atomic E-state index is 15.2. The summed E-state index contributed by atoms with van der Waals surface area (Å²) in [5, 5.41) is 47.8. The fourth-order valence-electron chi connectivity index (χ4n) is 15.1. The van der Waals surface area contributed by atoms with Gasteiger partial charge in [0.2, 0.25) is 0 Å². The van der Waals surface area contributed by atoms with Crippen LogP contribution in [0.15, 0.2) is 219 Å². The first-order valence-corrected chi connectivity index (χ1v) is 41.9. The number of nitrogen functional groups attached to an aromatic ring is 2. The lowest BCUT2D eigenvalue weighted by atomic mass is 9.79. The van der Waals surface area contributed by atoms with E-state index >= 15 is 13.2 Å². The molecule has 25 nitrogen and oxygen atoms in total. The van der Waals surface area contributed by atoms with Gasteiger partial charge in [0, 0.05) is 41.5 Å². The van der Waals surface area contributed by atoms with Crippen LogP contribution < -0.4 is 49.9 Å². The number of aryl methyl sites for hydroxylation is 4. The van der Waals surface area contributed by atoms with Crippen LogP contribution in [-0.2, 0) is 21.4 Å². The van der Waals surface area contributed by atoms with Crippen LogP contribution in [0.4, 0.5) is 35.0 Å². The highest BCUT2D eigenvalue weighted by Crippen LogP contribution is 2.44. The highest BCUT2D eigenvalue weighted by molar-refractivity contribution is 6.07. The number of amides is 4. The Morgan fingerprint density at radius 2 is 0.790 bits per heavy atom. The van der Waals surface area contributed by atoms with E-state index in [9.17, 15) is 19.2 Å². The lowest BCUT2D eigenvalue weighted by Gasteiger charge is -2.32. The third kappa shape index (κ3) is 21.8. The van der Waals surface area contributed by atoms with E-state index in [1.54, 1.807) is 173 Å². The molecule has 0 radical (unpaired) electrons. The quantitative estimate of drug-likeness (QED) is 0.0106. The van der Waals surface area contributed by atoms with Crippen molar-refractivity contribution < 1.29 is 37.1 Å². The molecule has 3 aliphatic carbocycles. The summed E-state index contributed by atoms with van der Waals surface area (Å²) in [6.45, 7) is 9.70. The summed E-state index contributed by atoms with van der Waals surface area (Å²) >= 11 is 0. The molecule has 0 aliphatic heterocycles. The van der Waals surface area contributed by atoms with Gasteiger partial charge in [-0.1, -0.05) is 161 Å². The second-order valence-electron chi connectivity index (χ2n) is 32.6. The Morgan fingerprint density at radius 3 is 1.14 bits per heavy atom. The lowest BCUT2D eigenvalue weighted by molar-refractivity contribution is 0.101. The Bertz CT molecular complexity index is 5880. The lowest BCUT2D eigenvalue weighted by Crippen LogP contribution is -2.38. The van der Waals surface area contributed by atoms with E-state index in [1.807, 2.05) is 55.5 Å². The molecule has 5 aromatic heterocycles. The topological polar surface area (TPSA) is 407 Å². The van der Waals surface area contributed by atoms with Gasteiger partial charge in [0.15, 0.2) is 0 Å². The normalized spacial score (nSPS) is 14.3. The number of anilines is 3. The number of ether oxygens (including phenoxy) is 1. The number of nitrogens with zero attached hydrogens (tertiary/aromatic N) is 8. The molecule has 3 fully saturated rings. The van der Waals surface area contributed by atoms with Gasteiger partial charge < -0.3 is 49.4 Å². The van der Waals surface area contributed by atoms with Gasteiger partial charge in [-0.05, 0) is 227 Å². The monoisotopic (exact) mass is 1670 g/mol. The third-order valence-corrected chi connectivity index (χ3v) is 22.9. The number of unbranched alkanes of at least 4 members (excludes halogenated alkanes) is 3. The molecule has 3 saturated carbocycles. The van der Waals surface area contributed by atoms with Crippen molar-refractivity contribution in [3.8, 4) is 17.1 Å². The number of pyridine rings is 2. The van der Waals surface area contributed by atoms with Gasteiger partial charge in [0.25, 0.3) is 17.7 Å². The summed E-state index contributed by atoms with van der Waals surface area (Å²) in [5.41, 5.74) is 41.1. The van der Waals surface area contributed by atoms with E-state index in [-0.39, 0.29) is 58.3 Å². The first-order valence-electron chi connectivity index (χ1n) is 41.9. The molecule has 5 heterocycles. The second-order valence-corrected chi connectivity index (χ2v) is 32.6. The van der Waals surface area contributed by atoms with Crippen molar-refractivity contribution in [2.45, 2.75) is 154 Å². The molecule has 4 amide bonds. The minimum absolute atomic E-state index is 0.00373. The number of carbonyl (C=O) groups is 4. The Morgan fingerprint density at radius 1 is 0.435 bits per heavy atom. The van der Waals surface area contributed by atoms with Gasteiger partial charge in [-0.2, -0.15) is 15.3 Å². The molecule has 0 spiro atoms. The van der Waals surface area contributed by atoms with Crippen molar-refractivity contribution in [3.05, 3.63) is 326 Å². The molecule has 0 bridgehead atoms. The van der Waals surface area contributed by atoms with Crippen molar-refractivity contribution in [1.82, 2.24) is 44.6 Å². The Hall–Kier alpha value is -13.6. The van der Waals surface area contributed by atoms with Crippen molar-refractivity contribution in [2.75, 3.05) is 22.6 Å². The summed E-state index contributed by atoms with van der Waals surface area (Å²) in [5.74, 6) is -1.69. The van der Waals surface area contributed by atoms with Gasteiger partial charge >= 0.3 is 6.09 Å². The number of amidine groups is 3. The van der Waals surface area contributed by atoms with Crippen molar-refractivity contribution in [2.24, 2.45) is 46.4 Å². The summed E-state index contributed by atoms with van der Waals surface area (Å²) in [6.07, 6.45) is 22.2. The van der Waals surface area contributed by atoms with Crippen molar-refractivity contribution >= 4 is 58.4 Å². The van der Waals surface area contributed by atoms with Crippen molar-refractivity contribution in [3.63, 3.8) is 0 Å². The number of nitrogens with one attached hydrogen (secondary N) is 7. The number of nitrogens with two attached hydrogens (primary N) is 5. The fourth-order valence-corrected chi connectivity index (χ4v) is 15.1.